The normalized spacial score (nSPS) is 11.4. The van der Waals surface area contributed by atoms with Crippen LogP contribution in [0.15, 0.2) is 18.2 Å². The van der Waals surface area contributed by atoms with Gasteiger partial charge in [-0.05, 0) is 6.07 Å². The Bertz CT molecular complexity index is 416. The van der Waals surface area contributed by atoms with E-state index in [9.17, 15) is 18.0 Å². The molecule has 0 saturated carbocycles. The van der Waals surface area contributed by atoms with Crippen molar-refractivity contribution < 1.29 is 22.7 Å². The molecule has 0 aromatic heterocycles. The van der Waals surface area contributed by atoms with E-state index >= 15 is 0 Å². The van der Waals surface area contributed by atoms with E-state index in [1.807, 2.05) is 0 Å². The van der Waals surface area contributed by atoms with Gasteiger partial charge in [0.2, 0.25) is 0 Å². The van der Waals surface area contributed by atoms with Crippen LogP contribution in [0, 0.1) is 0 Å². The Balaban J connectivity index is 3.35. The number of alkyl halides is 4. The van der Waals surface area contributed by atoms with E-state index in [1.165, 1.54) is 12.1 Å². The van der Waals surface area contributed by atoms with Gasteiger partial charge in [-0.3, -0.25) is 4.79 Å². The molecule has 0 atom stereocenters. The average Bonchev–Trinajstić information content (AvgIpc) is 2.27. The summed E-state index contributed by atoms with van der Waals surface area (Å²) < 4.78 is 43.2. The van der Waals surface area contributed by atoms with Crippen LogP contribution in [-0.4, -0.2) is 18.2 Å². The summed E-state index contributed by atoms with van der Waals surface area (Å²) in [7, 11) is 1.14. The van der Waals surface area contributed by atoms with Crippen molar-refractivity contribution in [2.75, 3.05) is 12.4 Å². The molecule has 1 rings (SSSR count). The van der Waals surface area contributed by atoms with Crippen molar-refractivity contribution in [3.8, 4) is 5.75 Å². The van der Waals surface area contributed by atoms with E-state index in [0.29, 0.717) is 5.33 Å². The topological polar surface area (TPSA) is 26.3 Å². The number of hydrogen-bond acceptors (Lipinski definition) is 2. The number of Topliss-reactive ketones (excluding diaryl/α,β-unsaturated/α-hetero) is 1. The molecule has 94 valence electrons. The zero-order chi connectivity index (χ0) is 13.1. The zero-order valence-corrected chi connectivity index (χ0v) is 10.6. The zero-order valence-electron chi connectivity index (χ0n) is 8.97. The number of carbonyl (C=O) groups excluding carboxylic acids is 1. The van der Waals surface area contributed by atoms with E-state index in [-0.39, 0.29) is 17.7 Å². The Morgan fingerprint density at radius 1 is 1.41 bits per heavy atom. The van der Waals surface area contributed by atoms with Crippen LogP contribution in [0.3, 0.4) is 0 Å². The second-order valence-electron chi connectivity index (χ2n) is 3.24. The van der Waals surface area contributed by atoms with Gasteiger partial charge in [0.1, 0.15) is 11.3 Å². The first-order valence-corrected chi connectivity index (χ1v) is 5.87. The van der Waals surface area contributed by atoms with Gasteiger partial charge in [0.25, 0.3) is 0 Å². The van der Waals surface area contributed by atoms with E-state index < -0.39 is 17.5 Å². The number of benzene rings is 1. The predicted molar refractivity (Wildman–Crippen MR) is 60.7 cm³/mol. The second kappa shape index (κ2) is 5.53. The molecular formula is C11H10BrF3O2. The summed E-state index contributed by atoms with van der Waals surface area (Å²) in [5.41, 5.74) is -1.36. The largest absolute Gasteiger partial charge is 0.496 e. The number of rotatable bonds is 4. The standard InChI is InChI=1S/C11H10BrF3O2/c1-17-9-4-2-3-7(8(16)5-6-12)10(9)11(13,14)15/h2-4H,5-6H2,1H3. The minimum Gasteiger partial charge on any atom is -0.496 e. The Morgan fingerprint density at radius 2 is 2.06 bits per heavy atom. The van der Waals surface area contributed by atoms with Gasteiger partial charge in [0.15, 0.2) is 5.78 Å². The lowest BCUT2D eigenvalue weighted by molar-refractivity contribution is -0.139. The quantitative estimate of drug-likeness (QED) is 0.626. The molecule has 0 saturated heterocycles. The average molecular weight is 311 g/mol. The van der Waals surface area contributed by atoms with Gasteiger partial charge in [-0.25, -0.2) is 0 Å². The molecule has 2 nitrogen and oxygen atoms in total. The maximum atomic E-state index is 12.9. The fraction of sp³-hybridized carbons (Fsp3) is 0.364. The third-order valence-corrected chi connectivity index (χ3v) is 2.55. The van der Waals surface area contributed by atoms with Crippen LogP contribution in [0.25, 0.3) is 0 Å². The van der Waals surface area contributed by atoms with Crippen molar-refractivity contribution in [1.82, 2.24) is 0 Å². The highest BCUT2D eigenvalue weighted by molar-refractivity contribution is 9.09. The SMILES string of the molecule is COc1cccc(C(=O)CCBr)c1C(F)(F)F. The highest BCUT2D eigenvalue weighted by Gasteiger charge is 2.38. The molecule has 0 unspecified atom stereocenters. The molecule has 17 heavy (non-hydrogen) atoms. The fourth-order valence-electron chi connectivity index (χ4n) is 1.45. The molecule has 0 aliphatic rings. The number of carbonyl (C=O) groups is 1. The fourth-order valence-corrected chi connectivity index (χ4v) is 1.81. The summed E-state index contributed by atoms with van der Waals surface area (Å²) in [5.74, 6) is -0.897. The third-order valence-electron chi connectivity index (χ3n) is 2.15. The first-order chi connectivity index (χ1) is 7.91. The molecule has 0 N–H and O–H groups in total. The summed E-state index contributed by atoms with van der Waals surface area (Å²) in [4.78, 5) is 11.6. The molecule has 0 heterocycles. The number of ketones is 1. The Hall–Kier alpha value is -1.04. The maximum Gasteiger partial charge on any atom is 0.420 e. The Labute approximate surface area is 105 Å². The molecule has 0 bridgehead atoms. The van der Waals surface area contributed by atoms with Gasteiger partial charge in [-0.1, -0.05) is 28.1 Å². The molecule has 0 aliphatic heterocycles. The molecule has 1 aromatic carbocycles. The lowest BCUT2D eigenvalue weighted by Crippen LogP contribution is -2.15. The molecular weight excluding hydrogens is 301 g/mol. The van der Waals surface area contributed by atoms with E-state index in [0.717, 1.165) is 13.2 Å². The lowest BCUT2D eigenvalue weighted by atomic mass is 10.0. The van der Waals surface area contributed by atoms with E-state index in [2.05, 4.69) is 20.7 Å². The van der Waals surface area contributed by atoms with Gasteiger partial charge in [0.05, 0.1) is 7.11 Å². The summed E-state index contributed by atoms with van der Waals surface area (Å²) in [6.45, 7) is 0. The molecule has 1 aromatic rings. The molecule has 0 amide bonds. The highest BCUT2D eigenvalue weighted by Crippen LogP contribution is 2.39. The van der Waals surface area contributed by atoms with Crippen molar-refractivity contribution in [2.24, 2.45) is 0 Å². The minimum absolute atomic E-state index is 0.0102. The van der Waals surface area contributed by atoms with Crippen molar-refractivity contribution in [3.05, 3.63) is 29.3 Å². The molecule has 0 radical (unpaired) electrons. The second-order valence-corrected chi connectivity index (χ2v) is 4.04. The van der Waals surface area contributed by atoms with Crippen LogP contribution >= 0.6 is 15.9 Å². The first kappa shape index (κ1) is 14.0. The smallest absolute Gasteiger partial charge is 0.420 e. The van der Waals surface area contributed by atoms with Crippen LogP contribution in [0.2, 0.25) is 0 Å². The van der Waals surface area contributed by atoms with Crippen LogP contribution in [-0.2, 0) is 6.18 Å². The van der Waals surface area contributed by atoms with Gasteiger partial charge in [-0.2, -0.15) is 13.2 Å². The number of hydrogen-bond donors (Lipinski definition) is 0. The molecule has 0 fully saturated rings. The number of methoxy groups -OCH3 is 1. The predicted octanol–water partition coefficient (Wildman–Crippen LogP) is 3.68. The lowest BCUT2D eigenvalue weighted by Gasteiger charge is -2.15. The minimum atomic E-state index is -4.61. The monoisotopic (exact) mass is 310 g/mol. The van der Waals surface area contributed by atoms with Gasteiger partial charge >= 0.3 is 6.18 Å². The van der Waals surface area contributed by atoms with Crippen molar-refractivity contribution >= 4 is 21.7 Å². The van der Waals surface area contributed by atoms with Crippen LogP contribution in [0.1, 0.15) is 22.3 Å². The number of ether oxygens (including phenoxy) is 1. The van der Waals surface area contributed by atoms with Gasteiger partial charge in [-0.15, -0.1) is 0 Å². The Morgan fingerprint density at radius 3 is 2.53 bits per heavy atom. The number of halogens is 4. The summed E-state index contributed by atoms with van der Waals surface area (Å²) in [6, 6.07) is 3.72. The van der Waals surface area contributed by atoms with Crippen LogP contribution in [0.4, 0.5) is 13.2 Å². The first-order valence-electron chi connectivity index (χ1n) is 4.75. The molecule has 0 spiro atoms. The van der Waals surface area contributed by atoms with Crippen molar-refractivity contribution in [2.45, 2.75) is 12.6 Å². The third kappa shape index (κ3) is 3.21. The molecule has 0 aliphatic carbocycles. The van der Waals surface area contributed by atoms with Crippen LogP contribution in [0.5, 0.6) is 5.75 Å². The van der Waals surface area contributed by atoms with Crippen molar-refractivity contribution in [3.63, 3.8) is 0 Å². The van der Waals surface area contributed by atoms with Gasteiger partial charge in [0, 0.05) is 17.3 Å². The van der Waals surface area contributed by atoms with E-state index in [4.69, 9.17) is 0 Å². The molecule has 6 heteroatoms. The van der Waals surface area contributed by atoms with E-state index in [1.54, 1.807) is 0 Å². The summed E-state index contributed by atoms with van der Waals surface area (Å²) in [5, 5.41) is 0.320. The van der Waals surface area contributed by atoms with Crippen molar-refractivity contribution in [1.29, 1.82) is 0 Å². The Kier molecular flexibility index (Phi) is 4.56. The van der Waals surface area contributed by atoms with Gasteiger partial charge < -0.3 is 4.74 Å². The van der Waals surface area contributed by atoms with Crippen LogP contribution < -0.4 is 4.74 Å². The summed E-state index contributed by atoms with van der Waals surface area (Å²) in [6.07, 6.45) is -4.60. The maximum absolute atomic E-state index is 12.9. The highest BCUT2D eigenvalue weighted by atomic mass is 79.9. The summed E-state index contributed by atoms with van der Waals surface area (Å²) >= 11 is 3.02.